The molecule has 0 N–H and O–H groups in total. The third-order valence-electron chi connectivity index (χ3n) is 4.05. The quantitative estimate of drug-likeness (QED) is 0.592. The van der Waals surface area contributed by atoms with Crippen molar-refractivity contribution in [1.29, 1.82) is 0 Å². The minimum atomic E-state index is -1.10. The number of hydrogen-bond acceptors (Lipinski definition) is 5. The summed E-state index contributed by atoms with van der Waals surface area (Å²) in [4.78, 5) is 12.5. The van der Waals surface area contributed by atoms with Crippen molar-refractivity contribution >= 4 is 28.3 Å². The van der Waals surface area contributed by atoms with E-state index in [4.69, 9.17) is 16.3 Å². The van der Waals surface area contributed by atoms with E-state index in [9.17, 15) is 13.2 Å². The zero-order chi connectivity index (χ0) is 15.4. The van der Waals surface area contributed by atoms with Crippen LogP contribution in [0.2, 0.25) is 5.15 Å². The molecule has 1 aliphatic carbocycles. The van der Waals surface area contributed by atoms with Crippen molar-refractivity contribution in [2.45, 2.75) is 12.2 Å². The van der Waals surface area contributed by atoms with Gasteiger partial charge in [0.25, 0.3) is 0 Å². The molecule has 1 saturated carbocycles. The van der Waals surface area contributed by atoms with E-state index in [0.717, 1.165) is 0 Å². The third kappa shape index (κ3) is 2.01. The van der Waals surface area contributed by atoms with Crippen molar-refractivity contribution in [3.05, 3.63) is 23.2 Å². The Morgan fingerprint density at radius 3 is 2.95 bits per heavy atom. The van der Waals surface area contributed by atoms with Crippen LogP contribution < -0.4 is 4.90 Å². The molecule has 3 atom stereocenters. The lowest BCUT2D eigenvalue weighted by Crippen LogP contribution is -2.31. The first-order valence-corrected chi connectivity index (χ1v) is 7.11. The van der Waals surface area contributed by atoms with E-state index in [1.165, 1.54) is 6.20 Å². The van der Waals surface area contributed by atoms with E-state index in [2.05, 4.69) is 15.0 Å². The summed E-state index contributed by atoms with van der Waals surface area (Å²) in [7, 11) is 0. The van der Waals surface area contributed by atoms with Crippen LogP contribution in [0.4, 0.5) is 19.0 Å². The zero-order valence-corrected chi connectivity index (χ0v) is 11.9. The standard InChI is InChI=1S/C13H10ClF3N4O/c14-11-8(16)9-5(3-18-11)12(20-13(17)19-9)21-1-2-22-4-6-7(15)10(6)21/h3,6-7,10H,1-2,4H2/t6-,7-,10+/m0/s1. The molecule has 0 amide bonds. The lowest BCUT2D eigenvalue weighted by molar-refractivity contribution is 0.130. The lowest BCUT2D eigenvalue weighted by atomic mass is 10.2. The molecule has 0 aromatic carbocycles. The van der Waals surface area contributed by atoms with Gasteiger partial charge in [0.2, 0.25) is 0 Å². The Morgan fingerprint density at radius 1 is 1.32 bits per heavy atom. The number of fused-ring (bicyclic) bond motifs is 2. The first-order valence-electron chi connectivity index (χ1n) is 6.73. The largest absolute Gasteiger partial charge is 0.379 e. The molecule has 116 valence electrons. The van der Waals surface area contributed by atoms with E-state index < -0.39 is 29.3 Å². The lowest BCUT2D eigenvalue weighted by Gasteiger charge is -2.23. The van der Waals surface area contributed by atoms with Gasteiger partial charge in [-0.2, -0.15) is 14.4 Å². The molecule has 2 aromatic rings. The number of halogens is 4. The normalized spacial score (nSPS) is 27.6. The Labute approximate surface area is 128 Å². The minimum Gasteiger partial charge on any atom is -0.379 e. The summed E-state index contributed by atoms with van der Waals surface area (Å²) in [5.41, 5.74) is -0.264. The Morgan fingerprint density at radius 2 is 2.14 bits per heavy atom. The maximum atomic E-state index is 14.0. The number of aromatic nitrogens is 3. The molecule has 3 heterocycles. The van der Waals surface area contributed by atoms with Gasteiger partial charge in [0, 0.05) is 18.7 Å². The summed E-state index contributed by atoms with van der Waals surface area (Å²) < 4.78 is 46.9. The van der Waals surface area contributed by atoms with Crippen LogP contribution in [0.15, 0.2) is 6.20 Å². The van der Waals surface area contributed by atoms with Crippen molar-refractivity contribution in [1.82, 2.24) is 15.0 Å². The summed E-state index contributed by atoms with van der Waals surface area (Å²) in [5.74, 6) is -1.08. The Balaban J connectivity index is 1.89. The molecule has 2 aromatic heterocycles. The topological polar surface area (TPSA) is 51.1 Å². The highest BCUT2D eigenvalue weighted by molar-refractivity contribution is 6.30. The molecule has 0 radical (unpaired) electrons. The molecule has 9 heteroatoms. The summed E-state index contributed by atoms with van der Waals surface area (Å²) in [5, 5.41) is -0.202. The number of nitrogens with zero attached hydrogens (tertiary/aromatic N) is 4. The van der Waals surface area contributed by atoms with Gasteiger partial charge >= 0.3 is 6.08 Å². The van der Waals surface area contributed by atoms with E-state index in [1.807, 2.05) is 0 Å². The second kappa shape index (κ2) is 4.92. The molecular formula is C13H10ClF3N4O. The highest BCUT2D eigenvalue weighted by atomic mass is 35.5. The summed E-state index contributed by atoms with van der Waals surface area (Å²) in [6.45, 7) is 1.000. The average Bonchev–Trinajstić information content (AvgIpc) is 3.18. The first kappa shape index (κ1) is 14.0. The molecular weight excluding hydrogens is 321 g/mol. The summed E-state index contributed by atoms with van der Waals surface area (Å²) in [6, 6.07) is -0.446. The molecule has 1 saturated heterocycles. The molecule has 5 nitrogen and oxygen atoms in total. The Bertz CT molecular complexity index is 762. The monoisotopic (exact) mass is 330 g/mol. The Kier molecular flexibility index (Phi) is 3.12. The average molecular weight is 331 g/mol. The number of alkyl halides is 1. The number of hydrogen-bond donors (Lipinski definition) is 0. The predicted molar refractivity (Wildman–Crippen MR) is 72.6 cm³/mol. The summed E-state index contributed by atoms with van der Waals surface area (Å²) >= 11 is 5.60. The van der Waals surface area contributed by atoms with Crippen LogP contribution in [0.25, 0.3) is 10.9 Å². The zero-order valence-electron chi connectivity index (χ0n) is 11.1. The van der Waals surface area contributed by atoms with Crippen molar-refractivity contribution in [2.75, 3.05) is 24.7 Å². The minimum absolute atomic E-state index is 0.117. The smallest absolute Gasteiger partial charge is 0.311 e. The highest BCUT2D eigenvalue weighted by Crippen LogP contribution is 2.44. The highest BCUT2D eigenvalue weighted by Gasteiger charge is 2.56. The van der Waals surface area contributed by atoms with Crippen LogP contribution in [0.5, 0.6) is 0 Å². The van der Waals surface area contributed by atoms with E-state index >= 15 is 0 Å². The maximum absolute atomic E-state index is 14.0. The summed E-state index contributed by atoms with van der Waals surface area (Å²) in [6.07, 6.45) is -0.897. The molecule has 22 heavy (non-hydrogen) atoms. The molecule has 1 aliphatic heterocycles. The van der Waals surface area contributed by atoms with Crippen molar-refractivity contribution in [3.63, 3.8) is 0 Å². The van der Waals surface area contributed by atoms with Gasteiger partial charge in [-0.05, 0) is 0 Å². The molecule has 2 aliphatic rings. The second-order valence-electron chi connectivity index (χ2n) is 5.31. The van der Waals surface area contributed by atoms with E-state index in [0.29, 0.717) is 19.8 Å². The van der Waals surface area contributed by atoms with Gasteiger partial charge in [0.1, 0.15) is 17.5 Å². The maximum Gasteiger partial charge on any atom is 0.311 e. The van der Waals surface area contributed by atoms with Crippen LogP contribution in [0.3, 0.4) is 0 Å². The first-order chi connectivity index (χ1) is 10.6. The van der Waals surface area contributed by atoms with Crippen LogP contribution in [-0.2, 0) is 4.74 Å². The van der Waals surface area contributed by atoms with Crippen LogP contribution in [0.1, 0.15) is 0 Å². The molecule has 0 bridgehead atoms. The van der Waals surface area contributed by atoms with Gasteiger partial charge in [0.05, 0.1) is 24.6 Å². The van der Waals surface area contributed by atoms with E-state index in [1.54, 1.807) is 4.90 Å². The fourth-order valence-electron chi connectivity index (χ4n) is 2.90. The van der Waals surface area contributed by atoms with Crippen molar-refractivity contribution in [2.24, 2.45) is 5.92 Å². The SMILES string of the molecule is Fc1nc(N2CCOC[C@H]3[C@H](F)[C@@H]32)c2cnc(Cl)c(F)c2n1. The molecule has 2 fully saturated rings. The van der Waals surface area contributed by atoms with Crippen molar-refractivity contribution in [3.8, 4) is 0 Å². The Hall–Kier alpha value is -1.67. The third-order valence-corrected chi connectivity index (χ3v) is 4.31. The van der Waals surface area contributed by atoms with Gasteiger partial charge in [-0.25, -0.2) is 13.8 Å². The molecule has 0 spiro atoms. The van der Waals surface area contributed by atoms with Gasteiger partial charge in [0.15, 0.2) is 11.0 Å². The van der Waals surface area contributed by atoms with Crippen molar-refractivity contribution < 1.29 is 17.9 Å². The fraction of sp³-hybridized carbons (Fsp3) is 0.462. The fourth-order valence-corrected chi connectivity index (χ4v) is 3.04. The second-order valence-corrected chi connectivity index (χ2v) is 5.67. The van der Waals surface area contributed by atoms with Crippen LogP contribution in [-0.4, -0.2) is 46.9 Å². The number of anilines is 1. The predicted octanol–water partition coefficient (Wildman–Crippen LogP) is 2.13. The van der Waals surface area contributed by atoms with Gasteiger partial charge < -0.3 is 9.64 Å². The molecule has 4 rings (SSSR count). The number of ether oxygens (including phenoxy) is 1. The van der Waals surface area contributed by atoms with Gasteiger partial charge in [-0.15, -0.1) is 0 Å². The van der Waals surface area contributed by atoms with Crippen LogP contribution in [0, 0.1) is 17.8 Å². The van der Waals surface area contributed by atoms with Gasteiger partial charge in [-0.3, -0.25) is 0 Å². The van der Waals surface area contributed by atoms with Crippen LogP contribution >= 0.6 is 11.6 Å². The van der Waals surface area contributed by atoms with Gasteiger partial charge in [-0.1, -0.05) is 11.6 Å². The number of rotatable bonds is 1. The molecule has 0 unspecified atom stereocenters. The number of pyridine rings is 1. The van der Waals surface area contributed by atoms with E-state index in [-0.39, 0.29) is 22.6 Å².